The van der Waals surface area contributed by atoms with Crippen molar-refractivity contribution in [3.8, 4) is 0 Å². The molecule has 0 unspecified atom stereocenters. The van der Waals surface area contributed by atoms with E-state index >= 15 is 0 Å². The fraction of sp³-hybridized carbons (Fsp3) is 0.267. The summed E-state index contributed by atoms with van der Waals surface area (Å²) in [5, 5.41) is 2.47. The molecule has 134 valence electrons. The van der Waals surface area contributed by atoms with Crippen molar-refractivity contribution in [2.75, 3.05) is 25.5 Å². The molecule has 1 aromatic carbocycles. The molecule has 0 fully saturated rings. The zero-order chi connectivity index (χ0) is 18.4. The molecule has 0 saturated heterocycles. The van der Waals surface area contributed by atoms with Crippen LogP contribution in [0.1, 0.15) is 17.3 Å². The van der Waals surface area contributed by atoms with Crippen molar-refractivity contribution >= 4 is 27.6 Å². The maximum atomic E-state index is 12.2. The van der Waals surface area contributed by atoms with E-state index in [1.165, 1.54) is 37.6 Å². The topological polar surface area (TPSA) is 121 Å². The van der Waals surface area contributed by atoms with E-state index in [0.29, 0.717) is 11.3 Å². The predicted molar refractivity (Wildman–Crippen MR) is 89.4 cm³/mol. The first-order valence-electron chi connectivity index (χ1n) is 7.36. The third kappa shape index (κ3) is 4.64. The Kier molecular flexibility index (Phi) is 5.88. The predicted octanol–water partition coefficient (Wildman–Crippen LogP) is 0.846. The number of H-pyrrole nitrogens is 1. The Morgan fingerprint density at radius 3 is 2.52 bits per heavy atom. The van der Waals surface area contributed by atoms with Crippen molar-refractivity contribution < 1.29 is 22.7 Å². The number of ether oxygens (including phenoxy) is 1. The van der Waals surface area contributed by atoms with Gasteiger partial charge in [-0.1, -0.05) is 0 Å². The molecule has 0 aliphatic carbocycles. The Labute approximate surface area is 145 Å². The number of carbonyl (C=O) groups is 2. The summed E-state index contributed by atoms with van der Waals surface area (Å²) in [5.74, 6) is -0.972. The standard InChI is InChI=1S/C15H18N4O5S/c1-3-24-15(21)11-4-6-12(7-5-11)18-13(20)9-19(2)25(22,23)14-8-16-10-17-14/h4-8,10H,3,9H2,1-2H3,(H,16,17)(H,18,20). The van der Waals surface area contributed by atoms with Crippen LogP contribution < -0.4 is 5.32 Å². The van der Waals surface area contributed by atoms with Crippen molar-refractivity contribution in [2.24, 2.45) is 0 Å². The quantitative estimate of drug-likeness (QED) is 0.701. The van der Waals surface area contributed by atoms with Crippen molar-refractivity contribution in [3.05, 3.63) is 42.4 Å². The Balaban J connectivity index is 1.97. The Hall–Kier alpha value is -2.72. The average molecular weight is 366 g/mol. The second kappa shape index (κ2) is 7.90. The molecule has 0 aliphatic rings. The van der Waals surface area contributed by atoms with Crippen LogP contribution in [0.4, 0.5) is 5.69 Å². The number of sulfonamides is 1. The lowest BCUT2D eigenvalue weighted by Gasteiger charge is -2.15. The number of amides is 1. The molecule has 10 heteroatoms. The first-order chi connectivity index (χ1) is 11.8. The molecule has 1 amide bonds. The molecule has 0 saturated carbocycles. The monoisotopic (exact) mass is 366 g/mol. The van der Waals surface area contributed by atoms with Crippen LogP contribution in [-0.2, 0) is 19.6 Å². The average Bonchev–Trinajstić information content (AvgIpc) is 3.10. The number of esters is 1. The Morgan fingerprint density at radius 2 is 1.96 bits per heavy atom. The number of rotatable bonds is 7. The third-order valence-electron chi connectivity index (χ3n) is 3.21. The number of imidazole rings is 1. The summed E-state index contributed by atoms with van der Waals surface area (Å²) >= 11 is 0. The van der Waals surface area contributed by atoms with E-state index in [9.17, 15) is 18.0 Å². The summed E-state index contributed by atoms with van der Waals surface area (Å²) in [5.41, 5.74) is 0.796. The highest BCUT2D eigenvalue weighted by molar-refractivity contribution is 7.89. The van der Waals surface area contributed by atoms with Gasteiger partial charge in [0.2, 0.25) is 5.91 Å². The van der Waals surface area contributed by atoms with Gasteiger partial charge in [-0.05, 0) is 31.2 Å². The van der Waals surface area contributed by atoms with Gasteiger partial charge in [0, 0.05) is 12.7 Å². The zero-order valence-corrected chi connectivity index (χ0v) is 14.5. The lowest BCUT2D eigenvalue weighted by molar-refractivity contribution is -0.116. The van der Waals surface area contributed by atoms with Crippen LogP contribution in [0.5, 0.6) is 0 Å². The van der Waals surface area contributed by atoms with Crippen LogP contribution in [0.25, 0.3) is 0 Å². The van der Waals surface area contributed by atoms with Gasteiger partial charge in [0.05, 0.1) is 31.2 Å². The van der Waals surface area contributed by atoms with Crippen molar-refractivity contribution in [2.45, 2.75) is 11.9 Å². The van der Waals surface area contributed by atoms with E-state index in [1.807, 2.05) is 0 Å². The fourth-order valence-electron chi connectivity index (χ4n) is 1.94. The molecule has 0 aliphatic heterocycles. The van der Waals surface area contributed by atoms with Gasteiger partial charge < -0.3 is 15.0 Å². The number of nitrogens with zero attached hydrogens (tertiary/aromatic N) is 2. The van der Waals surface area contributed by atoms with Crippen molar-refractivity contribution in [1.82, 2.24) is 14.3 Å². The highest BCUT2D eigenvalue weighted by Crippen LogP contribution is 2.12. The molecule has 0 atom stereocenters. The number of benzene rings is 1. The molecule has 2 aromatic rings. The molecule has 9 nitrogen and oxygen atoms in total. The number of aromatic nitrogens is 2. The molecule has 0 spiro atoms. The molecule has 0 bridgehead atoms. The molecule has 1 heterocycles. The number of nitrogens with one attached hydrogen (secondary N) is 2. The minimum absolute atomic E-state index is 0.0958. The van der Waals surface area contributed by atoms with E-state index in [0.717, 1.165) is 10.5 Å². The summed E-state index contributed by atoms with van der Waals surface area (Å²) < 4.78 is 30.1. The fourth-order valence-corrected chi connectivity index (χ4v) is 2.96. The number of aromatic amines is 1. The zero-order valence-electron chi connectivity index (χ0n) is 13.7. The second-order valence-electron chi connectivity index (χ2n) is 5.02. The van der Waals surface area contributed by atoms with E-state index in [-0.39, 0.29) is 18.2 Å². The van der Waals surface area contributed by atoms with Crippen molar-refractivity contribution in [3.63, 3.8) is 0 Å². The van der Waals surface area contributed by atoms with E-state index in [1.54, 1.807) is 6.92 Å². The minimum Gasteiger partial charge on any atom is -0.462 e. The first-order valence-corrected chi connectivity index (χ1v) is 8.80. The summed E-state index contributed by atoms with van der Waals surface area (Å²) in [6.07, 6.45) is 2.41. The third-order valence-corrected chi connectivity index (χ3v) is 4.94. The molecule has 2 rings (SSSR count). The van der Waals surface area contributed by atoms with Gasteiger partial charge in [-0.15, -0.1) is 0 Å². The van der Waals surface area contributed by atoms with Gasteiger partial charge in [-0.3, -0.25) is 4.79 Å². The smallest absolute Gasteiger partial charge is 0.338 e. The van der Waals surface area contributed by atoms with Gasteiger partial charge in [0.1, 0.15) is 0 Å². The Bertz CT molecular complexity index is 831. The highest BCUT2D eigenvalue weighted by Gasteiger charge is 2.24. The van der Waals surface area contributed by atoms with Gasteiger partial charge >= 0.3 is 5.97 Å². The lowest BCUT2D eigenvalue weighted by Crippen LogP contribution is -2.35. The molecular weight excluding hydrogens is 348 g/mol. The largest absolute Gasteiger partial charge is 0.462 e. The molecule has 1 aromatic heterocycles. The summed E-state index contributed by atoms with van der Waals surface area (Å²) in [4.78, 5) is 29.7. The maximum absolute atomic E-state index is 12.2. The number of carbonyl (C=O) groups excluding carboxylic acids is 2. The molecule has 2 N–H and O–H groups in total. The number of likely N-dealkylation sites (N-methyl/N-ethyl adjacent to an activating group) is 1. The van der Waals surface area contributed by atoms with Crippen molar-refractivity contribution in [1.29, 1.82) is 0 Å². The van der Waals surface area contributed by atoms with E-state index < -0.39 is 21.9 Å². The second-order valence-corrected chi connectivity index (χ2v) is 7.04. The first kappa shape index (κ1) is 18.6. The van der Waals surface area contributed by atoms with Crippen LogP contribution in [0.3, 0.4) is 0 Å². The number of hydrogen-bond donors (Lipinski definition) is 2. The summed E-state index contributed by atoms with van der Waals surface area (Å²) in [6, 6.07) is 6.10. The number of anilines is 1. The van der Waals surface area contributed by atoms with Gasteiger partial charge in [-0.2, -0.15) is 4.31 Å². The normalized spacial score (nSPS) is 11.3. The van der Waals surface area contributed by atoms with Gasteiger partial charge in [0.25, 0.3) is 10.0 Å². The maximum Gasteiger partial charge on any atom is 0.338 e. The summed E-state index contributed by atoms with van der Waals surface area (Å²) in [6.45, 7) is 1.61. The minimum atomic E-state index is -3.81. The summed E-state index contributed by atoms with van der Waals surface area (Å²) in [7, 11) is -2.52. The van der Waals surface area contributed by atoms with Gasteiger partial charge in [0.15, 0.2) is 5.03 Å². The van der Waals surface area contributed by atoms with E-state index in [2.05, 4.69) is 15.3 Å². The highest BCUT2D eigenvalue weighted by atomic mass is 32.2. The molecule has 25 heavy (non-hydrogen) atoms. The van der Waals surface area contributed by atoms with Crippen LogP contribution >= 0.6 is 0 Å². The van der Waals surface area contributed by atoms with Crippen LogP contribution in [0.15, 0.2) is 41.8 Å². The molecule has 0 radical (unpaired) electrons. The van der Waals surface area contributed by atoms with Crippen LogP contribution in [-0.4, -0.2) is 54.8 Å². The van der Waals surface area contributed by atoms with Crippen LogP contribution in [0, 0.1) is 0 Å². The van der Waals surface area contributed by atoms with Gasteiger partial charge in [-0.25, -0.2) is 18.2 Å². The Morgan fingerprint density at radius 1 is 1.28 bits per heavy atom. The van der Waals surface area contributed by atoms with Crippen LogP contribution in [0.2, 0.25) is 0 Å². The molecular formula is C15H18N4O5S. The lowest BCUT2D eigenvalue weighted by atomic mass is 10.2. The van der Waals surface area contributed by atoms with E-state index in [4.69, 9.17) is 4.74 Å². The number of hydrogen-bond acceptors (Lipinski definition) is 6. The SMILES string of the molecule is CCOC(=O)c1ccc(NC(=O)CN(C)S(=O)(=O)c2cnc[nH]2)cc1.